The molecule has 3 rings (SSSR count). The molecule has 2 aromatic carbocycles. The third-order valence-corrected chi connectivity index (χ3v) is 5.32. The van der Waals surface area contributed by atoms with Crippen molar-refractivity contribution in [2.75, 3.05) is 5.43 Å². The molecule has 0 saturated heterocycles. The smallest absolute Gasteiger partial charge is 0.245 e. The van der Waals surface area contributed by atoms with Gasteiger partial charge in [-0.25, -0.2) is 8.42 Å². The second kappa shape index (κ2) is 4.90. The largest absolute Gasteiger partial charge is 0.323 e. The highest BCUT2D eigenvalue weighted by Gasteiger charge is 2.31. The fourth-order valence-electron chi connectivity index (χ4n) is 2.42. The normalized spacial score (nSPS) is 15.1. The standard InChI is InChI=1S/C14H15N3O2S/c15-16-13-7-3-4-8-14(13)20(18,19)17-9-11-5-1-2-6-12(11)10-17/h1-8,16H,9-10,15H2. The second-order valence-corrected chi connectivity index (χ2v) is 6.59. The molecule has 0 amide bonds. The van der Waals surface area contributed by atoms with Crippen molar-refractivity contribution in [1.82, 2.24) is 4.31 Å². The fraction of sp³-hybridized carbons (Fsp3) is 0.143. The zero-order valence-electron chi connectivity index (χ0n) is 10.8. The van der Waals surface area contributed by atoms with Crippen LogP contribution < -0.4 is 11.3 Å². The third-order valence-electron chi connectivity index (χ3n) is 3.47. The van der Waals surface area contributed by atoms with Gasteiger partial charge in [0, 0.05) is 13.1 Å². The maximum atomic E-state index is 12.7. The molecule has 6 heteroatoms. The number of nitrogens with one attached hydrogen (secondary N) is 1. The van der Waals surface area contributed by atoms with E-state index in [1.165, 1.54) is 4.31 Å². The van der Waals surface area contributed by atoms with Gasteiger partial charge in [-0.05, 0) is 23.3 Å². The van der Waals surface area contributed by atoms with Gasteiger partial charge in [-0.3, -0.25) is 5.84 Å². The van der Waals surface area contributed by atoms with Gasteiger partial charge in [0.05, 0.1) is 5.69 Å². The first kappa shape index (κ1) is 13.1. The third kappa shape index (κ3) is 2.07. The Morgan fingerprint density at radius 2 is 1.50 bits per heavy atom. The zero-order chi connectivity index (χ0) is 14.2. The molecule has 0 aliphatic carbocycles. The van der Waals surface area contributed by atoms with Crippen LogP contribution in [0.5, 0.6) is 0 Å². The fourth-order valence-corrected chi connectivity index (χ4v) is 3.97. The maximum Gasteiger partial charge on any atom is 0.245 e. The molecular weight excluding hydrogens is 274 g/mol. The van der Waals surface area contributed by atoms with Crippen molar-refractivity contribution < 1.29 is 8.42 Å². The lowest BCUT2D eigenvalue weighted by molar-refractivity contribution is 0.432. The summed E-state index contributed by atoms with van der Waals surface area (Å²) in [6.07, 6.45) is 0. The van der Waals surface area contributed by atoms with Gasteiger partial charge in [-0.15, -0.1) is 0 Å². The van der Waals surface area contributed by atoms with Crippen molar-refractivity contribution in [2.45, 2.75) is 18.0 Å². The van der Waals surface area contributed by atoms with Gasteiger partial charge < -0.3 is 5.43 Å². The van der Waals surface area contributed by atoms with Crippen molar-refractivity contribution in [3.05, 3.63) is 59.7 Å². The summed E-state index contributed by atoms with van der Waals surface area (Å²) in [4.78, 5) is 0.204. The number of benzene rings is 2. The lowest BCUT2D eigenvalue weighted by Gasteiger charge is -2.17. The number of anilines is 1. The summed E-state index contributed by atoms with van der Waals surface area (Å²) in [5, 5.41) is 0. The highest BCUT2D eigenvalue weighted by molar-refractivity contribution is 7.89. The Labute approximate surface area is 118 Å². The first-order chi connectivity index (χ1) is 9.63. The molecule has 5 nitrogen and oxygen atoms in total. The van der Waals surface area contributed by atoms with Gasteiger partial charge in [0.1, 0.15) is 4.90 Å². The molecule has 2 aromatic rings. The molecule has 0 aromatic heterocycles. The predicted molar refractivity (Wildman–Crippen MR) is 77.1 cm³/mol. The monoisotopic (exact) mass is 289 g/mol. The minimum atomic E-state index is -3.56. The average molecular weight is 289 g/mol. The van der Waals surface area contributed by atoms with Crippen LogP contribution in [0.1, 0.15) is 11.1 Å². The van der Waals surface area contributed by atoms with Crippen molar-refractivity contribution in [3.63, 3.8) is 0 Å². The molecule has 0 atom stereocenters. The summed E-state index contributed by atoms with van der Waals surface area (Å²) < 4.78 is 26.9. The van der Waals surface area contributed by atoms with Crippen molar-refractivity contribution >= 4 is 15.7 Å². The summed E-state index contributed by atoms with van der Waals surface area (Å²) >= 11 is 0. The molecule has 1 aliphatic heterocycles. The highest BCUT2D eigenvalue weighted by Crippen LogP contribution is 2.31. The number of fused-ring (bicyclic) bond motifs is 1. The summed E-state index contributed by atoms with van der Waals surface area (Å²) in [7, 11) is -3.56. The van der Waals surface area contributed by atoms with Gasteiger partial charge in [0.15, 0.2) is 0 Å². The van der Waals surface area contributed by atoms with Crippen LogP contribution in [-0.2, 0) is 23.1 Å². The summed E-state index contributed by atoms with van der Waals surface area (Å²) in [6.45, 7) is 0.800. The van der Waals surface area contributed by atoms with Crippen LogP contribution in [0.25, 0.3) is 0 Å². The van der Waals surface area contributed by atoms with E-state index >= 15 is 0 Å². The molecule has 104 valence electrons. The van der Waals surface area contributed by atoms with Crippen LogP contribution in [0.15, 0.2) is 53.4 Å². The van der Waals surface area contributed by atoms with Crippen LogP contribution in [0.2, 0.25) is 0 Å². The molecule has 0 radical (unpaired) electrons. The van der Waals surface area contributed by atoms with Crippen molar-refractivity contribution in [2.24, 2.45) is 5.84 Å². The van der Waals surface area contributed by atoms with Crippen LogP contribution in [0, 0.1) is 0 Å². The lowest BCUT2D eigenvalue weighted by Crippen LogP contribution is -2.27. The molecule has 1 heterocycles. The van der Waals surface area contributed by atoms with Crippen LogP contribution in [-0.4, -0.2) is 12.7 Å². The molecule has 3 N–H and O–H groups in total. The number of nitrogen functional groups attached to an aromatic ring is 1. The Bertz CT molecular complexity index is 719. The quantitative estimate of drug-likeness (QED) is 0.666. The highest BCUT2D eigenvalue weighted by atomic mass is 32.2. The number of sulfonamides is 1. The van der Waals surface area contributed by atoms with Gasteiger partial charge in [0.2, 0.25) is 10.0 Å². The summed E-state index contributed by atoms with van der Waals surface area (Å²) in [5.41, 5.74) is 4.95. The number of rotatable bonds is 3. The Balaban J connectivity index is 1.99. The molecule has 0 unspecified atom stereocenters. The molecular formula is C14H15N3O2S. The van der Waals surface area contributed by atoms with Crippen LogP contribution in [0.4, 0.5) is 5.69 Å². The van der Waals surface area contributed by atoms with E-state index in [-0.39, 0.29) is 4.90 Å². The lowest BCUT2D eigenvalue weighted by atomic mass is 10.1. The number of para-hydroxylation sites is 1. The zero-order valence-corrected chi connectivity index (χ0v) is 11.6. The summed E-state index contributed by atoms with van der Waals surface area (Å²) in [6, 6.07) is 14.4. The van der Waals surface area contributed by atoms with Gasteiger partial charge in [-0.2, -0.15) is 4.31 Å². The van der Waals surface area contributed by atoms with Crippen molar-refractivity contribution in [1.29, 1.82) is 0 Å². The number of nitrogens with zero attached hydrogens (tertiary/aromatic N) is 1. The molecule has 0 spiro atoms. The number of hydrazine groups is 1. The molecule has 0 fully saturated rings. The van der Waals surface area contributed by atoms with Crippen LogP contribution >= 0.6 is 0 Å². The van der Waals surface area contributed by atoms with E-state index in [9.17, 15) is 8.42 Å². The Morgan fingerprint density at radius 1 is 0.950 bits per heavy atom. The second-order valence-electron chi connectivity index (χ2n) is 4.68. The molecule has 0 saturated carbocycles. The van der Waals surface area contributed by atoms with Gasteiger partial charge >= 0.3 is 0 Å². The first-order valence-corrected chi connectivity index (χ1v) is 7.69. The van der Waals surface area contributed by atoms with Crippen LogP contribution in [0.3, 0.4) is 0 Å². The van der Waals surface area contributed by atoms with Crippen molar-refractivity contribution in [3.8, 4) is 0 Å². The molecule has 0 bridgehead atoms. The van der Waals surface area contributed by atoms with Gasteiger partial charge in [0.25, 0.3) is 0 Å². The first-order valence-electron chi connectivity index (χ1n) is 6.25. The Hall–Kier alpha value is -1.89. The number of hydrogen-bond donors (Lipinski definition) is 2. The average Bonchev–Trinajstić information content (AvgIpc) is 2.92. The van der Waals surface area contributed by atoms with E-state index in [2.05, 4.69) is 5.43 Å². The minimum Gasteiger partial charge on any atom is -0.323 e. The number of nitrogens with two attached hydrogens (primary N) is 1. The number of hydrogen-bond acceptors (Lipinski definition) is 4. The van der Waals surface area contributed by atoms with Gasteiger partial charge in [-0.1, -0.05) is 36.4 Å². The van der Waals surface area contributed by atoms with E-state index in [0.29, 0.717) is 18.8 Å². The van der Waals surface area contributed by atoms with E-state index in [4.69, 9.17) is 5.84 Å². The molecule has 1 aliphatic rings. The Morgan fingerprint density at radius 3 is 2.10 bits per heavy atom. The topological polar surface area (TPSA) is 75.4 Å². The maximum absolute atomic E-state index is 12.7. The van der Waals surface area contributed by atoms with E-state index in [1.807, 2.05) is 24.3 Å². The Kier molecular flexibility index (Phi) is 3.21. The molecule has 20 heavy (non-hydrogen) atoms. The minimum absolute atomic E-state index is 0.204. The summed E-state index contributed by atoms with van der Waals surface area (Å²) in [5.74, 6) is 5.40. The van der Waals surface area contributed by atoms with E-state index in [1.54, 1.807) is 24.3 Å². The predicted octanol–water partition coefficient (Wildman–Crippen LogP) is 1.68. The van der Waals surface area contributed by atoms with E-state index < -0.39 is 10.0 Å². The van der Waals surface area contributed by atoms with E-state index in [0.717, 1.165) is 11.1 Å². The SMILES string of the molecule is NNc1ccccc1S(=O)(=O)N1Cc2ccccc2C1.